The molecule has 14 nitrogen and oxygen atoms in total. The molecular formula is C21H40N8O6. The highest BCUT2D eigenvalue weighted by Gasteiger charge is 2.39. The molecule has 200 valence electrons. The van der Waals surface area contributed by atoms with Gasteiger partial charge in [0.1, 0.15) is 24.2 Å². The summed E-state index contributed by atoms with van der Waals surface area (Å²) in [5.74, 6) is -3.05. The zero-order chi connectivity index (χ0) is 26.5. The summed E-state index contributed by atoms with van der Waals surface area (Å²) >= 11 is 0. The molecule has 35 heavy (non-hydrogen) atoms. The van der Waals surface area contributed by atoms with E-state index in [0.717, 1.165) is 0 Å². The van der Waals surface area contributed by atoms with Gasteiger partial charge in [0.25, 0.3) is 0 Å². The van der Waals surface area contributed by atoms with E-state index < -0.39 is 54.0 Å². The number of likely N-dealkylation sites (tertiary alicyclic amines) is 1. The van der Waals surface area contributed by atoms with E-state index in [0.29, 0.717) is 38.6 Å². The fraction of sp³-hybridized carbons (Fsp3) is 0.762. The predicted octanol–water partition coefficient (Wildman–Crippen LogP) is -3.08. The average molecular weight is 501 g/mol. The van der Waals surface area contributed by atoms with Crippen molar-refractivity contribution in [2.45, 2.75) is 82.1 Å². The van der Waals surface area contributed by atoms with Crippen molar-refractivity contribution < 1.29 is 29.4 Å². The van der Waals surface area contributed by atoms with Crippen molar-refractivity contribution in [2.24, 2.45) is 27.9 Å². The molecule has 1 saturated heterocycles. The number of carboxylic acids is 1. The monoisotopic (exact) mass is 500 g/mol. The molecule has 1 fully saturated rings. The van der Waals surface area contributed by atoms with Crippen LogP contribution in [0.25, 0.3) is 0 Å². The van der Waals surface area contributed by atoms with Gasteiger partial charge in [-0.3, -0.25) is 19.4 Å². The van der Waals surface area contributed by atoms with Crippen molar-refractivity contribution >= 4 is 29.7 Å². The summed E-state index contributed by atoms with van der Waals surface area (Å²) in [6.07, 6.45) is 1.69. The molecule has 0 aromatic heterocycles. The number of hydrogen-bond donors (Lipinski definition) is 8. The molecule has 12 N–H and O–H groups in total. The lowest BCUT2D eigenvalue weighted by atomic mass is 10.1. The zero-order valence-corrected chi connectivity index (χ0v) is 20.2. The Morgan fingerprint density at radius 1 is 1.09 bits per heavy atom. The van der Waals surface area contributed by atoms with Crippen LogP contribution in [-0.4, -0.2) is 94.7 Å². The quantitative estimate of drug-likeness (QED) is 0.0639. The molecule has 0 aromatic rings. The van der Waals surface area contributed by atoms with Crippen LogP contribution in [0.5, 0.6) is 0 Å². The van der Waals surface area contributed by atoms with Crippen molar-refractivity contribution in [1.29, 1.82) is 0 Å². The Bertz CT molecular complexity index is 758. The van der Waals surface area contributed by atoms with Crippen LogP contribution in [0.4, 0.5) is 0 Å². The van der Waals surface area contributed by atoms with E-state index >= 15 is 0 Å². The van der Waals surface area contributed by atoms with E-state index in [1.54, 1.807) is 0 Å². The second-order valence-electron chi connectivity index (χ2n) is 8.65. The van der Waals surface area contributed by atoms with Crippen molar-refractivity contribution in [3.05, 3.63) is 0 Å². The molecule has 0 saturated carbocycles. The van der Waals surface area contributed by atoms with Gasteiger partial charge in [0.2, 0.25) is 17.7 Å². The minimum absolute atomic E-state index is 0.105. The third kappa shape index (κ3) is 10.0. The summed E-state index contributed by atoms with van der Waals surface area (Å²) in [4.78, 5) is 55.4. The first kappa shape index (κ1) is 30.1. The Kier molecular flexibility index (Phi) is 13.0. The van der Waals surface area contributed by atoms with Gasteiger partial charge in [0.15, 0.2) is 5.96 Å². The summed E-state index contributed by atoms with van der Waals surface area (Å²) in [6.45, 7) is 2.28. The van der Waals surface area contributed by atoms with Gasteiger partial charge in [-0.05, 0) is 58.4 Å². The topological polar surface area (TPSA) is 252 Å². The number of aliphatic hydroxyl groups is 1. The summed E-state index contributed by atoms with van der Waals surface area (Å²) in [5.41, 5.74) is 21.7. The smallest absolute Gasteiger partial charge is 0.326 e. The lowest BCUT2D eigenvalue weighted by Gasteiger charge is -2.30. The molecule has 1 heterocycles. The van der Waals surface area contributed by atoms with Crippen LogP contribution >= 0.6 is 0 Å². The molecule has 0 unspecified atom stereocenters. The Labute approximate surface area is 204 Å². The molecule has 0 spiro atoms. The summed E-state index contributed by atoms with van der Waals surface area (Å²) in [6, 6.07) is -4.21. The average Bonchev–Trinajstić information content (AvgIpc) is 3.29. The fourth-order valence-corrected chi connectivity index (χ4v) is 3.77. The Morgan fingerprint density at radius 3 is 2.31 bits per heavy atom. The summed E-state index contributed by atoms with van der Waals surface area (Å²) < 4.78 is 0. The van der Waals surface area contributed by atoms with Crippen molar-refractivity contribution in [3.63, 3.8) is 0 Å². The third-order valence-corrected chi connectivity index (χ3v) is 5.78. The van der Waals surface area contributed by atoms with Crippen molar-refractivity contribution in [3.8, 4) is 0 Å². The molecule has 0 aliphatic carbocycles. The first-order valence-electron chi connectivity index (χ1n) is 11.8. The minimum atomic E-state index is -1.22. The number of nitrogens with one attached hydrogen (secondary N) is 2. The third-order valence-electron chi connectivity index (χ3n) is 5.78. The van der Waals surface area contributed by atoms with E-state index in [-0.39, 0.29) is 31.9 Å². The molecule has 1 aliphatic heterocycles. The van der Waals surface area contributed by atoms with Crippen LogP contribution in [0, 0.1) is 0 Å². The predicted molar refractivity (Wildman–Crippen MR) is 129 cm³/mol. The number of carboxylic acid groups (broad SMARTS) is 1. The van der Waals surface area contributed by atoms with Crippen LogP contribution in [0.15, 0.2) is 4.99 Å². The highest BCUT2D eigenvalue weighted by Crippen LogP contribution is 2.20. The van der Waals surface area contributed by atoms with E-state index in [1.165, 1.54) is 11.8 Å². The maximum absolute atomic E-state index is 13.3. The molecular weight excluding hydrogens is 460 g/mol. The number of nitrogens with zero attached hydrogens (tertiary/aromatic N) is 2. The molecule has 0 radical (unpaired) electrons. The van der Waals surface area contributed by atoms with E-state index in [4.69, 9.17) is 22.9 Å². The lowest BCUT2D eigenvalue weighted by molar-refractivity contribution is -0.145. The number of amides is 3. The number of nitrogens with two attached hydrogens (primary N) is 4. The number of rotatable bonds is 15. The maximum atomic E-state index is 13.3. The molecule has 14 heteroatoms. The molecule has 1 aliphatic rings. The van der Waals surface area contributed by atoms with Gasteiger partial charge in [-0.25, -0.2) is 4.79 Å². The molecule has 0 aromatic carbocycles. The van der Waals surface area contributed by atoms with E-state index in [9.17, 15) is 29.4 Å². The number of carbonyl (C=O) groups is 4. The second kappa shape index (κ2) is 15.1. The van der Waals surface area contributed by atoms with Gasteiger partial charge >= 0.3 is 5.97 Å². The van der Waals surface area contributed by atoms with Crippen LogP contribution in [0.1, 0.15) is 51.9 Å². The zero-order valence-electron chi connectivity index (χ0n) is 20.2. The van der Waals surface area contributed by atoms with E-state index in [2.05, 4.69) is 15.6 Å². The SMILES string of the molecule is C[C@H](O)[C@H](N)C(=O)N[C@H](CCCCN)C(=O)N1CCC[C@@H]1C(=O)N[C@H](CCCN=C(N)N)C(=O)O. The Hall–Kier alpha value is -2.97. The number of hydrogen-bond acceptors (Lipinski definition) is 8. The highest BCUT2D eigenvalue weighted by atomic mass is 16.4. The van der Waals surface area contributed by atoms with E-state index in [1.807, 2.05) is 0 Å². The molecule has 3 amide bonds. The Balaban J connectivity index is 2.90. The van der Waals surface area contributed by atoms with Crippen LogP contribution < -0.4 is 33.6 Å². The standard InChI is InChI=1S/C21H40N8O6/c1-12(30)16(23)18(32)27-13(6-2-3-9-22)19(33)29-11-5-8-15(29)17(31)28-14(20(34)35)7-4-10-26-21(24)25/h12-16,30H,2-11,22-23H2,1H3,(H,27,32)(H,28,31)(H,34,35)(H4,24,25,26)/t12-,13+,14+,15+,16-/m0/s1. The van der Waals surface area contributed by atoms with Gasteiger partial charge in [0, 0.05) is 13.1 Å². The normalized spacial score (nSPS) is 18.7. The highest BCUT2D eigenvalue weighted by molar-refractivity contribution is 5.94. The van der Waals surface area contributed by atoms with Gasteiger partial charge in [0.05, 0.1) is 6.10 Å². The Morgan fingerprint density at radius 2 is 1.74 bits per heavy atom. The first-order chi connectivity index (χ1) is 16.5. The van der Waals surface area contributed by atoms with Crippen LogP contribution in [0.2, 0.25) is 0 Å². The number of unbranched alkanes of at least 4 members (excludes halogenated alkanes) is 1. The number of aliphatic carboxylic acids is 1. The number of guanidine groups is 1. The van der Waals surface area contributed by atoms with Gasteiger partial charge in [-0.15, -0.1) is 0 Å². The first-order valence-corrected chi connectivity index (χ1v) is 11.8. The number of carbonyl (C=O) groups excluding carboxylic acids is 3. The minimum Gasteiger partial charge on any atom is -0.480 e. The molecule has 5 atom stereocenters. The van der Waals surface area contributed by atoms with Crippen LogP contribution in [-0.2, 0) is 19.2 Å². The summed E-state index contributed by atoms with van der Waals surface area (Å²) in [7, 11) is 0. The van der Waals surface area contributed by atoms with Crippen LogP contribution in [0.3, 0.4) is 0 Å². The van der Waals surface area contributed by atoms with Crippen molar-refractivity contribution in [1.82, 2.24) is 15.5 Å². The molecule has 1 rings (SSSR count). The molecule has 0 bridgehead atoms. The van der Waals surface area contributed by atoms with Gasteiger partial charge < -0.3 is 48.7 Å². The van der Waals surface area contributed by atoms with Gasteiger partial charge in [-0.2, -0.15) is 0 Å². The number of aliphatic imine (C=N–C) groups is 1. The number of aliphatic hydroxyl groups excluding tert-OH is 1. The summed E-state index contributed by atoms with van der Waals surface area (Å²) in [5, 5.41) is 24.2. The van der Waals surface area contributed by atoms with Gasteiger partial charge in [-0.1, -0.05) is 0 Å². The maximum Gasteiger partial charge on any atom is 0.326 e. The lowest BCUT2D eigenvalue weighted by Crippen LogP contribution is -2.57. The fourth-order valence-electron chi connectivity index (χ4n) is 3.77. The largest absolute Gasteiger partial charge is 0.480 e. The van der Waals surface area contributed by atoms with Crippen molar-refractivity contribution in [2.75, 3.05) is 19.6 Å². The second-order valence-corrected chi connectivity index (χ2v) is 8.65.